The first-order valence-corrected chi connectivity index (χ1v) is 5.15. The molecule has 0 radical (unpaired) electrons. The van der Waals surface area contributed by atoms with E-state index < -0.39 is 0 Å². The van der Waals surface area contributed by atoms with Crippen molar-refractivity contribution in [2.75, 3.05) is 0 Å². The summed E-state index contributed by atoms with van der Waals surface area (Å²) in [4.78, 5) is 4.45. The van der Waals surface area contributed by atoms with Crippen LogP contribution in [-0.2, 0) is 6.42 Å². The van der Waals surface area contributed by atoms with E-state index in [0.29, 0.717) is 5.92 Å². The van der Waals surface area contributed by atoms with E-state index in [9.17, 15) is 0 Å². The molecule has 0 saturated heterocycles. The van der Waals surface area contributed by atoms with Gasteiger partial charge in [0.15, 0.2) is 0 Å². The Labute approximate surface area is 85.2 Å². The van der Waals surface area contributed by atoms with Gasteiger partial charge in [0.05, 0.1) is 5.69 Å². The second-order valence-corrected chi connectivity index (χ2v) is 3.75. The minimum atomic E-state index is 0.509. The average Bonchev–Trinajstić information content (AvgIpc) is 2.40. The zero-order valence-electron chi connectivity index (χ0n) is 8.70. The highest BCUT2D eigenvalue weighted by Crippen LogP contribution is 2.18. The standard InChI is InChI=1S/C13H15N/c1-3-11-8-12-6-4-10(2)5-7-13(12)14-9-11/h4-10H,3H2,1-2H3. The third-order valence-electron chi connectivity index (χ3n) is 2.55. The number of aromatic nitrogens is 1. The van der Waals surface area contributed by atoms with Crippen LogP contribution in [0.15, 0.2) is 24.4 Å². The highest BCUT2D eigenvalue weighted by molar-refractivity contribution is 5.65. The number of hydrogen-bond donors (Lipinski definition) is 0. The summed E-state index contributed by atoms with van der Waals surface area (Å²) in [6.45, 7) is 4.34. The van der Waals surface area contributed by atoms with Crippen molar-refractivity contribution in [1.29, 1.82) is 0 Å². The third-order valence-corrected chi connectivity index (χ3v) is 2.55. The topological polar surface area (TPSA) is 12.9 Å². The van der Waals surface area contributed by atoms with Crippen LogP contribution in [0.4, 0.5) is 0 Å². The fourth-order valence-electron chi connectivity index (χ4n) is 1.57. The average molecular weight is 185 g/mol. The Morgan fingerprint density at radius 3 is 2.86 bits per heavy atom. The molecule has 0 spiro atoms. The molecule has 72 valence electrons. The molecule has 0 aliphatic heterocycles. The Balaban J connectivity index is 2.47. The van der Waals surface area contributed by atoms with Gasteiger partial charge in [0, 0.05) is 11.8 Å². The molecule has 2 rings (SSSR count). The van der Waals surface area contributed by atoms with E-state index in [1.807, 2.05) is 6.20 Å². The van der Waals surface area contributed by atoms with Gasteiger partial charge in [-0.3, -0.25) is 4.98 Å². The Kier molecular flexibility index (Phi) is 2.49. The molecular formula is C13H15N. The van der Waals surface area contributed by atoms with Crippen LogP contribution in [0.25, 0.3) is 12.2 Å². The molecule has 0 fully saturated rings. The van der Waals surface area contributed by atoms with Crippen molar-refractivity contribution in [1.82, 2.24) is 4.98 Å². The van der Waals surface area contributed by atoms with Crippen LogP contribution in [-0.4, -0.2) is 4.98 Å². The minimum Gasteiger partial charge on any atom is -0.256 e. The zero-order chi connectivity index (χ0) is 9.97. The van der Waals surface area contributed by atoms with E-state index in [-0.39, 0.29) is 0 Å². The molecule has 0 aromatic carbocycles. The Hall–Kier alpha value is -1.37. The van der Waals surface area contributed by atoms with Crippen molar-refractivity contribution >= 4 is 12.2 Å². The maximum Gasteiger partial charge on any atom is 0.0699 e. The van der Waals surface area contributed by atoms with Gasteiger partial charge in [-0.15, -0.1) is 0 Å². The largest absolute Gasteiger partial charge is 0.256 e. The highest BCUT2D eigenvalue weighted by atomic mass is 14.7. The molecule has 1 nitrogen and oxygen atoms in total. The number of rotatable bonds is 1. The van der Waals surface area contributed by atoms with Crippen molar-refractivity contribution in [3.8, 4) is 0 Å². The second-order valence-electron chi connectivity index (χ2n) is 3.75. The Bertz CT molecular complexity index is 388. The number of allylic oxidation sites excluding steroid dienone is 2. The molecule has 0 bridgehead atoms. The van der Waals surface area contributed by atoms with Crippen LogP contribution in [0.2, 0.25) is 0 Å². The summed E-state index contributed by atoms with van der Waals surface area (Å²) in [5, 5.41) is 0. The predicted octanol–water partition coefficient (Wildman–Crippen LogP) is 3.32. The van der Waals surface area contributed by atoms with Gasteiger partial charge in [-0.25, -0.2) is 0 Å². The normalized spacial score (nSPS) is 19.1. The summed E-state index contributed by atoms with van der Waals surface area (Å²) in [5.74, 6) is 0.509. The molecular weight excluding hydrogens is 170 g/mol. The molecule has 1 aromatic rings. The number of pyridine rings is 1. The zero-order valence-corrected chi connectivity index (χ0v) is 8.70. The van der Waals surface area contributed by atoms with Gasteiger partial charge in [0.1, 0.15) is 0 Å². The quantitative estimate of drug-likeness (QED) is 0.654. The van der Waals surface area contributed by atoms with E-state index in [1.54, 1.807) is 0 Å². The SMILES string of the molecule is CCc1cnc2c(c1)C=CC(C)C=C2. The van der Waals surface area contributed by atoms with E-state index in [2.05, 4.69) is 49.2 Å². The lowest BCUT2D eigenvalue weighted by molar-refractivity contribution is 0.953. The van der Waals surface area contributed by atoms with Crippen LogP contribution < -0.4 is 0 Å². The second kappa shape index (κ2) is 3.79. The highest BCUT2D eigenvalue weighted by Gasteiger charge is 2.03. The van der Waals surface area contributed by atoms with Crippen molar-refractivity contribution in [2.24, 2.45) is 5.92 Å². The Morgan fingerprint density at radius 2 is 2.07 bits per heavy atom. The molecule has 0 N–H and O–H groups in total. The molecule has 1 heterocycles. The van der Waals surface area contributed by atoms with Crippen LogP contribution >= 0.6 is 0 Å². The van der Waals surface area contributed by atoms with Gasteiger partial charge in [-0.05, 0) is 30.0 Å². The van der Waals surface area contributed by atoms with Gasteiger partial charge >= 0.3 is 0 Å². The first-order valence-electron chi connectivity index (χ1n) is 5.15. The summed E-state index contributed by atoms with van der Waals surface area (Å²) >= 11 is 0. The van der Waals surface area contributed by atoms with Crippen molar-refractivity contribution < 1.29 is 0 Å². The molecule has 14 heavy (non-hydrogen) atoms. The van der Waals surface area contributed by atoms with Crippen LogP contribution in [0.1, 0.15) is 30.7 Å². The summed E-state index contributed by atoms with van der Waals surface area (Å²) in [6.07, 6.45) is 11.7. The first-order chi connectivity index (χ1) is 6.79. The molecule has 0 saturated carbocycles. The minimum absolute atomic E-state index is 0.509. The smallest absolute Gasteiger partial charge is 0.0699 e. The van der Waals surface area contributed by atoms with Gasteiger partial charge in [-0.1, -0.05) is 32.1 Å². The molecule has 1 aliphatic rings. The summed E-state index contributed by atoms with van der Waals surface area (Å²) in [7, 11) is 0. The lowest BCUT2D eigenvalue weighted by Crippen LogP contribution is -1.89. The fourth-order valence-corrected chi connectivity index (χ4v) is 1.57. The fraction of sp³-hybridized carbons (Fsp3) is 0.308. The third kappa shape index (κ3) is 1.77. The summed E-state index contributed by atoms with van der Waals surface area (Å²) < 4.78 is 0. The maximum atomic E-state index is 4.45. The van der Waals surface area contributed by atoms with Gasteiger partial charge < -0.3 is 0 Å². The van der Waals surface area contributed by atoms with E-state index in [1.165, 1.54) is 11.1 Å². The van der Waals surface area contributed by atoms with Crippen LogP contribution in [0.5, 0.6) is 0 Å². The van der Waals surface area contributed by atoms with Crippen molar-refractivity contribution in [3.63, 3.8) is 0 Å². The molecule has 1 atom stereocenters. The van der Waals surface area contributed by atoms with Gasteiger partial charge in [-0.2, -0.15) is 0 Å². The van der Waals surface area contributed by atoms with E-state index >= 15 is 0 Å². The molecule has 1 unspecified atom stereocenters. The van der Waals surface area contributed by atoms with E-state index in [4.69, 9.17) is 0 Å². The number of hydrogen-bond acceptors (Lipinski definition) is 1. The summed E-state index contributed by atoms with van der Waals surface area (Å²) in [6, 6.07) is 2.22. The maximum absolute atomic E-state index is 4.45. The monoisotopic (exact) mass is 185 g/mol. The van der Waals surface area contributed by atoms with Gasteiger partial charge in [0.25, 0.3) is 0 Å². The van der Waals surface area contributed by atoms with Gasteiger partial charge in [0.2, 0.25) is 0 Å². The van der Waals surface area contributed by atoms with Crippen molar-refractivity contribution in [3.05, 3.63) is 41.2 Å². The predicted molar refractivity (Wildman–Crippen MR) is 60.8 cm³/mol. The molecule has 1 aliphatic carbocycles. The Morgan fingerprint density at radius 1 is 1.29 bits per heavy atom. The van der Waals surface area contributed by atoms with Crippen LogP contribution in [0.3, 0.4) is 0 Å². The summed E-state index contributed by atoms with van der Waals surface area (Å²) in [5.41, 5.74) is 3.63. The van der Waals surface area contributed by atoms with Crippen LogP contribution in [0, 0.1) is 5.92 Å². The number of aryl methyl sites for hydroxylation is 1. The number of fused-ring (bicyclic) bond motifs is 1. The van der Waals surface area contributed by atoms with Crippen molar-refractivity contribution in [2.45, 2.75) is 20.3 Å². The first kappa shape index (κ1) is 9.20. The molecule has 0 amide bonds. The molecule has 1 aromatic heterocycles. The van der Waals surface area contributed by atoms with E-state index in [0.717, 1.165) is 12.1 Å². The lowest BCUT2D eigenvalue weighted by Gasteiger charge is -2.01. The lowest BCUT2D eigenvalue weighted by atomic mass is 10.1. The number of nitrogens with zero attached hydrogens (tertiary/aromatic N) is 1. The molecule has 1 heteroatoms.